The van der Waals surface area contributed by atoms with E-state index in [0.29, 0.717) is 18.0 Å². The topological polar surface area (TPSA) is 42.2 Å². The molecule has 3 nitrogen and oxygen atoms in total. The molecule has 0 aliphatic carbocycles. The number of rotatable bonds is 4. The summed E-state index contributed by atoms with van der Waals surface area (Å²) in [4.78, 5) is 12.1. The molecule has 2 aromatic carbocycles. The number of hydrogen-bond acceptors (Lipinski definition) is 2. The van der Waals surface area contributed by atoms with E-state index in [1.807, 2.05) is 49.4 Å². The molecule has 4 heteroatoms. The monoisotopic (exact) mass is 313 g/mol. The van der Waals surface area contributed by atoms with Crippen LogP contribution in [-0.2, 0) is 17.8 Å². The summed E-state index contributed by atoms with van der Waals surface area (Å²) < 4.78 is 5.51. The maximum atomic E-state index is 12.1. The second-order valence-electron chi connectivity index (χ2n) is 5.34. The molecule has 0 atom stereocenters. The van der Waals surface area contributed by atoms with Crippen LogP contribution in [0.15, 0.2) is 53.1 Å². The van der Waals surface area contributed by atoms with Gasteiger partial charge in [-0.15, -0.1) is 0 Å². The lowest BCUT2D eigenvalue weighted by atomic mass is 10.1. The Labute approximate surface area is 133 Å². The summed E-state index contributed by atoms with van der Waals surface area (Å²) in [6.45, 7) is 2.51. The van der Waals surface area contributed by atoms with Crippen molar-refractivity contribution in [2.45, 2.75) is 19.9 Å². The highest BCUT2D eigenvalue weighted by Gasteiger charge is 2.10. The minimum absolute atomic E-state index is 0.0294. The van der Waals surface area contributed by atoms with E-state index in [0.717, 1.165) is 27.7 Å². The fraction of sp³-hybridized carbons (Fsp3) is 0.167. The molecule has 0 saturated heterocycles. The SMILES string of the molecule is Cc1ccc2c(CC(=O)NCc3ccc(Cl)cc3)coc2c1. The number of amides is 1. The van der Waals surface area contributed by atoms with Crippen LogP contribution >= 0.6 is 11.6 Å². The Hall–Kier alpha value is -2.26. The van der Waals surface area contributed by atoms with Gasteiger partial charge in [0.1, 0.15) is 5.58 Å². The Kier molecular flexibility index (Phi) is 4.16. The third kappa shape index (κ3) is 3.31. The molecule has 0 unspecified atom stereocenters. The third-order valence-electron chi connectivity index (χ3n) is 3.57. The first-order valence-corrected chi connectivity index (χ1v) is 7.47. The highest BCUT2D eigenvalue weighted by atomic mass is 35.5. The van der Waals surface area contributed by atoms with Crippen molar-refractivity contribution in [2.24, 2.45) is 0 Å². The summed E-state index contributed by atoms with van der Waals surface area (Å²) in [7, 11) is 0. The molecule has 0 saturated carbocycles. The van der Waals surface area contributed by atoms with Crippen molar-refractivity contribution in [3.8, 4) is 0 Å². The number of nitrogens with one attached hydrogen (secondary N) is 1. The maximum Gasteiger partial charge on any atom is 0.224 e. The maximum absolute atomic E-state index is 12.1. The first-order chi connectivity index (χ1) is 10.6. The smallest absolute Gasteiger partial charge is 0.224 e. The number of benzene rings is 2. The molecule has 0 aliphatic heterocycles. The first-order valence-electron chi connectivity index (χ1n) is 7.10. The van der Waals surface area contributed by atoms with Crippen LogP contribution in [0.3, 0.4) is 0 Å². The van der Waals surface area contributed by atoms with Gasteiger partial charge in [-0.2, -0.15) is 0 Å². The summed E-state index contributed by atoms with van der Waals surface area (Å²) >= 11 is 5.84. The van der Waals surface area contributed by atoms with Crippen molar-refractivity contribution in [1.82, 2.24) is 5.32 Å². The molecule has 0 spiro atoms. The number of halogens is 1. The van der Waals surface area contributed by atoms with Crippen molar-refractivity contribution < 1.29 is 9.21 Å². The fourth-order valence-corrected chi connectivity index (χ4v) is 2.49. The van der Waals surface area contributed by atoms with Gasteiger partial charge in [-0.3, -0.25) is 4.79 Å². The normalized spacial score (nSPS) is 10.8. The predicted octanol–water partition coefficient (Wildman–Crippen LogP) is 4.25. The van der Waals surface area contributed by atoms with Crippen molar-refractivity contribution in [3.63, 3.8) is 0 Å². The number of aryl methyl sites for hydroxylation is 1. The molecule has 22 heavy (non-hydrogen) atoms. The van der Waals surface area contributed by atoms with Crippen LogP contribution in [-0.4, -0.2) is 5.91 Å². The van der Waals surface area contributed by atoms with Gasteiger partial charge in [-0.25, -0.2) is 0 Å². The summed E-state index contributed by atoms with van der Waals surface area (Å²) in [5.41, 5.74) is 3.88. The average Bonchev–Trinajstić information content (AvgIpc) is 2.89. The lowest BCUT2D eigenvalue weighted by Gasteiger charge is -2.05. The van der Waals surface area contributed by atoms with Crippen molar-refractivity contribution >= 4 is 28.5 Å². The Morgan fingerprint density at radius 3 is 2.73 bits per heavy atom. The van der Waals surface area contributed by atoms with E-state index in [4.69, 9.17) is 16.0 Å². The highest BCUT2D eigenvalue weighted by Crippen LogP contribution is 2.22. The van der Waals surface area contributed by atoms with E-state index in [-0.39, 0.29) is 5.91 Å². The van der Waals surface area contributed by atoms with Crippen LogP contribution in [0.1, 0.15) is 16.7 Å². The Bertz CT molecular complexity index is 806. The molecule has 112 valence electrons. The summed E-state index contributed by atoms with van der Waals surface area (Å²) in [5, 5.41) is 4.59. The molecule has 3 aromatic rings. The number of fused-ring (bicyclic) bond motifs is 1. The first kappa shape index (κ1) is 14.7. The number of carbonyl (C=O) groups is 1. The second-order valence-corrected chi connectivity index (χ2v) is 5.78. The van der Waals surface area contributed by atoms with Crippen molar-refractivity contribution in [2.75, 3.05) is 0 Å². The van der Waals surface area contributed by atoms with Crippen LogP contribution in [0, 0.1) is 6.92 Å². The van der Waals surface area contributed by atoms with Crippen LogP contribution in [0.2, 0.25) is 5.02 Å². The minimum atomic E-state index is -0.0294. The summed E-state index contributed by atoms with van der Waals surface area (Å²) in [6, 6.07) is 13.4. The molecule has 0 fully saturated rings. The predicted molar refractivity (Wildman–Crippen MR) is 88.0 cm³/mol. The molecule has 0 bridgehead atoms. The van der Waals surface area contributed by atoms with Gasteiger partial charge in [0.25, 0.3) is 0 Å². The van der Waals surface area contributed by atoms with E-state index in [9.17, 15) is 4.79 Å². The quantitative estimate of drug-likeness (QED) is 0.782. The molecule has 0 radical (unpaired) electrons. The van der Waals surface area contributed by atoms with Crippen LogP contribution in [0.5, 0.6) is 0 Å². The molecular formula is C18H16ClNO2. The van der Waals surface area contributed by atoms with E-state index in [2.05, 4.69) is 5.32 Å². The van der Waals surface area contributed by atoms with Gasteiger partial charge >= 0.3 is 0 Å². The van der Waals surface area contributed by atoms with Gasteiger partial charge in [0.2, 0.25) is 5.91 Å². The van der Waals surface area contributed by atoms with E-state index < -0.39 is 0 Å². The van der Waals surface area contributed by atoms with Crippen molar-refractivity contribution in [1.29, 1.82) is 0 Å². The summed E-state index contributed by atoms with van der Waals surface area (Å²) in [5.74, 6) is -0.0294. The largest absolute Gasteiger partial charge is 0.464 e. The standard InChI is InChI=1S/C18H16ClNO2/c1-12-2-7-16-14(11-22-17(16)8-12)9-18(21)20-10-13-3-5-15(19)6-4-13/h2-8,11H,9-10H2,1H3,(H,20,21). The van der Waals surface area contributed by atoms with Gasteiger partial charge in [0.05, 0.1) is 12.7 Å². The van der Waals surface area contributed by atoms with Gasteiger partial charge < -0.3 is 9.73 Å². The zero-order chi connectivity index (χ0) is 15.5. The van der Waals surface area contributed by atoms with Gasteiger partial charge in [-0.1, -0.05) is 35.9 Å². The third-order valence-corrected chi connectivity index (χ3v) is 3.82. The average molecular weight is 314 g/mol. The van der Waals surface area contributed by atoms with Crippen LogP contribution in [0.4, 0.5) is 0 Å². The molecule has 3 rings (SSSR count). The second kappa shape index (κ2) is 6.24. The van der Waals surface area contributed by atoms with E-state index in [1.165, 1.54) is 0 Å². The Balaban J connectivity index is 1.64. The Morgan fingerprint density at radius 1 is 1.18 bits per heavy atom. The fourth-order valence-electron chi connectivity index (χ4n) is 2.37. The Morgan fingerprint density at radius 2 is 1.95 bits per heavy atom. The lowest BCUT2D eigenvalue weighted by Crippen LogP contribution is -2.24. The molecule has 1 heterocycles. The van der Waals surface area contributed by atoms with Crippen LogP contribution < -0.4 is 5.32 Å². The van der Waals surface area contributed by atoms with Gasteiger partial charge in [-0.05, 0) is 36.2 Å². The molecule has 1 amide bonds. The van der Waals surface area contributed by atoms with Crippen LogP contribution in [0.25, 0.3) is 11.0 Å². The van der Waals surface area contributed by atoms with E-state index in [1.54, 1.807) is 6.26 Å². The molecule has 1 N–H and O–H groups in total. The molecule has 1 aromatic heterocycles. The van der Waals surface area contributed by atoms with Crippen molar-refractivity contribution in [3.05, 3.63) is 70.4 Å². The zero-order valence-electron chi connectivity index (χ0n) is 12.2. The zero-order valence-corrected chi connectivity index (χ0v) is 13.0. The van der Waals surface area contributed by atoms with E-state index >= 15 is 0 Å². The summed E-state index contributed by atoms with van der Waals surface area (Å²) in [6.07, 6.45) is 1.97. The highest BCUT2D eigenvalue weighted by molar-refractivity contribution is 6.30. The lowest BCUT2D eigenvalue weighted by molar-refractivity contribution is -0.120. The van der Waals surface area contributed by atoms with Gasteiger partial charge in [0.15, 0.2) is 0 Å². The molecular weight excluding hydrogens is 298 g/mol. The number of carbonyl (C=O) groups excluding carboxylic acids is 1. The van der Waals surface area contributed by atoms with Gasteiger partial charge in [0, 0.05) is 22.5 Å². The number of furan rings is 1. The number of hydrogen-bond donors (Lipinski definition) is 1. The minimum Gasteiger partial charge on any atom is -0.464 e. The molecule has 0 aliphatic rings.